The molecule has 0 spiro atoms. The molecule has 0 unspecified atom stereocenters. The van der Waals surface area contributed by atoms with Crippen LogP contribution in [0.15, 0.2) is 51.4 Å². The lowest BCUT2D eigenvalue weighted by Gasteiger charge is -2.05. The molecule has 2 nitrogen and oxygen atoms in total. The Bertz CT molecular complexity index is 805. The van der Waals surface area contributed by atoms with Crippen molar-refractivity contribution in [1.29, 1.82) is 0 Å². The second kappa shape index (κ2) is 5.23. The fourth-order valence-corrected chi connectivity index (χ4v) is 3.17. The summed E-state index contributed by atoms with van der Waals surface area (Å²) in [7, 11) is 0. The summed E-state index contributed by atoms with van der Waals surface area (Å²) in [6, 6.07) is 14.4. The topological polar surface area (TPSA) is 20.7 Å². The van der Waals surface area contributed by atoms with E-state index in [9.17, 15) is 0 Å². The van der Waals surface area contributed by atoms with Crippen LogP contribution >= 0.6 is 44.1 Å². The van der Waals surface area contributed by atoms with Gasteiger partial charge in [0.15, 0.2) is 4.77 Å². The number of hydrogen-bond donors (Lipinski definition) is 1. The summed E-state index contributed by atoms with van der Waals surface area (Å²) in [5, 5.41) is 0. The monoisotopic (exact) mass is 396 g/mol. The Balaban J connectivity index is 2.12. The number of imidazole rings is 1. The predicted molar refractivity (Wildman–Crippen MR) is 88.1 cm³/mol. The van der Waals surface area contributed by atoms with Crippen LogP contribution in [0.2, 0.25) is 0 Å². The lowest BCUT2D eigenvalue weighted by atomic mass is 10.2. The average molecular weight is 398 g/mol. The highest BCUT2D eigenvalue weighted by atomic mass is 79.9. The van der Waals surface area contributed by atoms with Crippen LogP contribution in [-0.4, -0.2) is 9.55 Å². The first-order valence-corrected chi connectivity index (χ1v) is 7.75. The van der Waals surface area contributed by atoms with Crippen LogP contribution in [0.3, 0.4) is 0 Å². The van der Waals surface area contributed by atoms with Crippen LogP contribution in [0, 0.1) is 4.77 Å². The highest BCUT2D eigenvalue weighted by molar-refractivity contribution is 9.10. The molecule has 1 N–H and O–H groups in total. The largest absolute Gasteiger partial charge is 0.331 e. The van der Waals surface area contributed by atoms with E-state index in [1.807, 2.05) is 24.3 Å². The van der Waals surface area contributed by atoms with Gasteiger partial charge in [-0.1, -0.05) is 44.0 Å². The molecule has 0 saturated carbocycles. The third kappa shape index (κ3) is 2.68. The van der Waals surface area contributed by atoms with Gasteiger partial charge in [-0.05, 0) is 48.1 Å². The van der Waals surface area contributed by atoms with Gasteiger partial charge >= 0.3 is 0 Å². The molecule has 0 atom stereocenters. The van der Waals surface area contributed by atoms with Crippen LogP contribution < -0.4 is 0 Å². The van der Waals surface area contributed by atoms with Crippen molar-refractivity contribution >= 4 is 55.1 Å². The van der Waals surface area contributed by atoms with E-state index in [1.54, 1.807) is 0 Å². The molecular weight excluding hydrogens is 388 g/mol. The number of rotatable bonds is 2. The van der Waals surface area contributed by atoms with E-state index in [1.165, 1.54) is 5.56 Å². The Morgan fingerprint density at radius 3 is 2.63 bits per heavy atom. The molecule has 5 heteroatoms. The molecule has 3 rings (SSSR count). The van der Waals surface area contributed by atoms with E-state index in [0.29, 0.717) is 0 Å². The number of H-pyrrole nitrogens is 1. The van der Waals surface area contributed by atoms with E-state index in [0.717, 1.165) is 31.3 Å². The fraction of sp³-hybridized carbons (Fsp3) is 0.0714. The van der Waals surface area contributed by atoms with Crippen molar-refractivity contribution in [3.8, 4) is 0 Å². The van der Waals surface area contributed by atoms with Crippen LogP contribution in [0.4, 0.5) is 0 Å². The van der Waals surface area contributed by atoms with Crippen molar-refractivity contribution in [1.82, 2.24) is 9.55 Å². The van der Waals surface area contributed by atoms with Gasteiger partial charge in [-0.15, -0.1) is 0 Å². The lowest BCUT2D eigenvalue weighted by molar-refractivity contribution is 0.810. The molecule has 0 aliphatic rings. The van der Waals surface area contributed by atoms with Gasteiger partial charge in [-0.2, -0.15) is 0 Å². The summed E-state index contributed by atoms with van der Waals surface area (Å²) in [6.07, 6.45) is 0. The summed E-state index contributed by atoms with van der Waals surface area (Å²) in [6.45, 7) is 0.759. The molecule has 3 aromatic rings. The van der Waals surface area contributed by atoms with Crippen molar-refractivity contribution in [2.75, 3.05) is 0 Å². The molecule has 1 aromatic heterocycles. The number of nitrogens with one attached hydrogen (secondary N) is 1. The van der Waals surface area contributed by atoms with Crippen molar-refractivity contribution in [2.24, 2.45) is 0 Å². The second-order valence-corrected chi connectivity index (χ2v) is 6.53. The van der Waals surface area contributed by atoms with Crippen molar-refractivity contribution in [3.63, 3.8) is 0 Å². The van der Waals surface area contributed by atoms with E-state index >= 15 is 0 Å². The van der Waals surface area contributed by atoms with Crippen molar-refractivity contribution < 1.29 is 0 Å². The molecular formula is C14H10Br2N2S. The molecule has 0 fully saturated rings. The van der Waals surface area contributed by atoms with Crippen molar-refractivity contribution in [3.05, 3.63) is 61.7 Å². The zero-order valence-corrected chi connectivity index (χ0v) is 13.8. The summed E-state index contributed by atoms with van der Waals surface area (Å²) in [5.41, 5.74) is 3.38. The zero-order chi connectivity index (χ0) is 13.4. The molecule has 2 aromatic carbocycles. The van der Waals surface area contributed by atoms with E-state index in [2.05, 4.69) is 59.6 Å². The molecule has 19 heavy (non-hydrogen) atoms. The average Bonchev–Trinajstić information content (AvgIpc) is 2.66. The van der Waals surface area contributed by atoms with Gasteiger partial charge in [0.1, 0.15) is 0 Å². The van der Waals surface area contributed by atoms with Crippen LogP contribution in [0.25, 0.3) is 11.0 Å². The van der Waals surface area contributed by atoms with Crippen LogP contribution in [0.5, 0.6) is 0 Å². The molecule has 0 bridgehead atoms. The van der Waals surface area contributed by atoms with Gasteiger partial charge < -0.3 is 9.55 Å². The minimum Gasteiger partial charge on any atom is -0.331 e. The fourth-order valence-electron chi connectivity index (χ4n) is 2.10. The number of aromatic amines is 1. The number of hydrogen-bond acceptors (Lipinski definition) is 1. The third-order valence-electron chi connectivity index (χ3n) is 2.97. The minimum absolute atomic E-state index is 0.744. The first-order valence-electron chi connectivity index (χ1n) is 5.76. The molecule has 0 saturated heterocycles. The Hall–Kier alpha value is -0.910. The second-order valence-electron chi connectivity index (χ2n) is 4.31. The zero-order valence-electron chi connectivity index (χ0n) is 9.86. The summed E-state index contributed by atoms with van der Waals surface area (Å²) < 4.78 is 4.99. The molecule has 1 heterocycles. The van der Waals surface area contributed by atoms with Gasteiger partial charge in [-0.25, -0.2) is 0 Å². The highest BCUT2D eigenvalue weighted by Crippen LogP contribution is 2.21. The number of nitrogens with zero attached hydrogens (tertiary/aromatic N) is 1. The Labute approximate surface area is 132 Å². The Morgan fingerprint density at radius 1 is 1.05 bits per heavy atom. The van der Waals surface area contributed by atoms with Crippen molar-refractivity contribution in [2.45, 2.75) is 6.54 Å². The first kappa shape index (κ1) is 13.1. The normalized spacial score (nSPS) is 11.1. The predicted octanol–water partition coefficient (Wildman–Crippen LogP) is 5.27. The maximum Gasteiger partial charge on any atom is 0.178 e. The Morgan fingerprint density at radius 2 is 1.84 bits per heavy atom. The van der Waals surface area contributed by atoms with Gasteiger partial charge in [0.2, 0.25) is 0 Å². The quantitative estimate of drug-likeness (QED) is 0.584. The maximum absolute atomic E-state index is 5.41. The third-order valence-corrected chi connectivity index (χ3v) is 4.28. The van der Waals surface area contributed by atoms with E-state index in [4.69, 9.17) is 12.2 Å². The molecule has 0 radical (unpaired) electrons. The summed E-state index contributed by atoms with van der Waals surface area (Å²) in [5.74, 6) is 0. The minimum atomic E-state index is 0.744. The highest BCUT2D eigenvalue weighted by Gasteiger charge is 2.05. The standard InChI is InChI=1S/C14H10Br2N2S/c15-10-3-1-2-9(6-10)8-18-13-7-11(16)4-5-12(13)17-14(18)19/h1-7H,8H2,(H,17,19). The van der Waals surface area contributed by atoms with Crippen LogP contribution in [-0.2, 0) is 6.54 Å². The smallest absolute Gasteiger partial charge is 0.178 e. The van der Waals surface area contributed by atoms with Gasteiger partial charge in [0.25, 0.3) is 0 Å². The maximum atomic E-state index is 5.41. The SMILES string of the molecule is S=c1[nH]c2ccc(Br)cc2n1Cc1cccc(Br)c1. The number of benzene rings is 2. The van der Waals surface area contributed by atoms with E-state index < -0.39 is 0 Å². The number of aromatic nitrogens is 2. The number of fused-ring (bicyclic) bond motifs is 1. The summed E-state index contributed by atoms with van der Waals surface area (Å²) in [4.78, 5) is 3.23. The number of halogens is 2. The Kier molecular flexibility index (Phi) is 3.60. The van der Waals surface area contributed by atoms with Crippen LogP contribution in [0.1, 0.15) is 5.56 Å². The van der Waals surface area contributed by atoms with Gasteiger partial charge in [0, 0.05) is 8.95 Å². The molecule has 0 amide bonds. The lowest BCUT2D eigenvalue weighted by Crippen LogP contribution is -1.99. The molecule has 96 valence electrons. The van der Waals surface area contributed by atoms with E-state index in [-0.39, 0.29) is 0 Å². The molecule has 0 aliphatic carbocycles. The first-order chi connectivity index (χ1) is 9.13. The molecule has 0 aliphatic heterocycles. The van der Waals surface area contributed by atoms with Gasteiger partial charge in [-0.3, -0.25) is 0 Å². The van der Waals surface area contributed by atoms with Gasteiger partial charge in [0.05, 0.1) is 17.6 Å². The summed E-state index contributed by atoms with van der Waals surface area (Å²) >= 11 is 12.4.